The second-order valence-electron chi connectivity index (χ2n) is 4.88. The molecule has 0 N–H and O–H groups in total. The zero-order valence-electron chi connectivity index (χ0n) is 11.7. The van der Waals surface area contributed by atoms with Gasteiger partial charge in [0.1, 0.15) is 0 Å². The second-order valence-corrected chi connectivity index (χ2v) is 4.88. The lowest BCUT2D eigenvalue weighted by atomic mass is 10.0. The van der Waals surface area contributed by atoms with Crippen molar-refractivity contribution >= 4 is 5.97 Å². The van der Waals surface area contributed by atoms with Gasteiger partial charge in [-0.3, -0.25) is 0 Å². The van der Waals surface area contributed by atoms with E-state index in [2.05, 4.69) is 13.8 Å². The molecule has 1 atom stereocenters. The summed E-state index contributed by atoms with van der Waals surface area (Å²) in [6, 6.07) is 7.52. The van der Waals surface area contributed by atoms with Crippen molar-refractivity contribution in [3.63, 3.8) is 0 Å². The number of carbonyl (C=O) groups is 1. The van der Waals surface area contributed by atoms with Crippen molar-refractivity contribution in [2.45, 2.75) is 46.5 Å². The third kappa shape index (κ3) is 4.91. The third-order valence-corrected chi connectivity index (χ3v) is 3.28. The number of aryl methyl sites for hydroxylation is 1. The van der Waals surface area contributed by atoms with Crippen molar-refractivity contribution in [2.75, 3.05) is 6.61 Å². The summed E-state index contributed by atoms with van der Waals surface area (Å²) >= 11 is 0. The summed E-state index contributed by atoms with van der Waals surface area (Å²) in [7, 11) is 0. The molecule has 0 aromatic heterocycles. The first-order valence-electron chi connectivity index (χ1n) is 6.91. The second kappa shape index (κ2) is 7.91. The lowest BCUT2D eigenvalue weighted by Crippen LogP contribution is -2.14. The Labute approximate surface area is 110 Å². The fraction of sp³-hybridized carbons (Fsp3) is 0.562. The molecule has 0 heterocycles. The summed E-state index contributed by atoms with van der Waals surface area (Å²) < 4.78 is 5.38. The highest BCUT2D eigenvalue weighted by atomic mass is 16.5. The summed E-state index contributed by atoms with van der Waals surface area (Å²) in [5.41, 5.74) is 1.80. The van der Waals surface area contributed by atoms with Crippen LogP contribution in [-0.2, 0) is 4.74 Å². The Bertz CT molecular complexity index is 354. The molecule has 1 rings (SSSR count). The van der Waals surface area contributed by atoms with Crippen LogP contribution in [0.1, 0.15) is 55.5 Å². The first kappa shape index (κ1) is 14.7. The lowest BCUT2D eigenvalue weighted by molar-refractivity contribution is 0.0428. The number of unbranched alkanes of at least 4 members (excludes halogenated alkanes) is 1. The molecule has 100 valence electrons. The van der Waals surface area contributed by atoms with Crippen molar-refractivity contribution in [1.82, 2.24) is 0 Å². The van der Waals surface area contributed by atoms with E-state index in [0.29, 0.717) is 18.1 Å². The van der Waals surface area contributed by atoms with Crippen LogP contribution in [0.4, 0.5) is 0 Å². The van der Waals surface area contributed by atoms with Crippen LogP contribution in [0.5, 0.6) is 0 Å². The van der Waals surface area contributed by atoms with Crippen LogP contribution in [0.3, 0.4) is 0 Å². The van der Waals surface area contributed by atoms with Gasteiger partial charge >= 0.3 is 5.97 Å². The normalized spacial score (nSPS) is 12.2. The Morgan fingerprint density at radius 1 is 1.22 bits per heavy atom. The van der Waals surface area contributed by atoms with Gasteiger partial charge in [-0.05, 0) is 31.4 Å². The number of carbonyl (C=O) groups excluding carboxylic acids is 1. The summed E-state index contributed by atoms with van der Waals surface area (Å²) in [5, 5.41) is 0. The summed E-state index contributed by atoms with van der Waals surface area (Å²) in [6.45, 7) is 6.89. The van der Waals surface area contributed by atoms with Crippen molar-refractivity contribution < 1.29 is 9.53 Å². The Hall–Kier alpha value is -1.31. The highest BCUT2D eigenvalue weighted by Gasteiger charge is 2.11. The fourth-order valence-corrected chi connectivity index (χ4v) is 1.86. The van der Waals surface area contributed by atoms with E-state index in [1.807, 2.05) is 31.2 Å². The number of rotatable bonds is 7. The fourth-order valence-electron chi connectivity index (χ4n) is 1.86. The standard InChI is InChI=1S/C16H24O2/c1-4-6-7-14(5-2)12-18-16(17)15-10-8-13(3)9-11-15/h8-11,14H,4-7,12H2,1-3H3. The van der Waals surface area contributed by atoms with Gasteiger partial charge in [-0.25, -0.2) is 4.79 Å². The minimum atomic E-state index is -0.204. The molecule has 0 fully saturated rings. The molecule has 2 nitrogen and oxygen atoms in total. The van der Waals surface area contributed by atoms with Gasteiger partial charge in [0.2, 0.25) is 0 Å². The van der Waals surface area contributed by atoms with Crippen LogP contribution < -0.4 is 0 Å². The number of hydrogen-bond acceptors (Lipinski definition) is 2. The Kier molecular flexibility index (Phi) is 6.48. The van der Waals surface area contributed by atoms with Crippen molar-refractivity contribution in [2.24, 2.45) is 5.92 Å². The zero-order chi connectivity index (χ0) is 13.4. The zero-order valence-corrected chi connectivity index (χ0v) is 11.7. The number of hydrogen-bond donors (Lipinski definition) is 0. The quantitative estimate of drug-likeness (QED) is 0.670. The van der Waals surface area contributed by atoms with E-state index >= 15 is 0 Å². The maximum absolute atomic E-state index is 11.8. The van der Waals surface area contributed by atoms with Crippen molar-refractivity contribution in [1.29, 1.82) is 0 Å². The first-order valence-corrected chi connectivity index (χ1v) is 6.91. The molecule has 18 heavy (non-hydrogen) atoms. The predicted octanol–water partition coefficient (Wildman–Crippen LogP) is 4.37. The van der Waals surface area contributed by atoms with Gasteiger partial charge in [-0.2, -0.15) is 0 Å². The number of benzene rings is 1. The molecule has 1 unspecified atom stereocenters. The van der Waals surface area contributed by atoms with Gasteiger partial charge in [0, 0.05) is 0 Å². The Balaban J connectivity index is 2.42. The summed E-state index contributed by atoms with van der Waals surface area (Å²) in [6.07, 6.45) is 4.62. The molecular formula is C16H24O2. The average molecular weight is 248 g/mol. The highest BCUT2D eigenvalue weighted by Crippen LogP contribution is 2.14. The van der Waals surface area contributed by atoms with Gasteiger partial charge in [-0.15, -0.1) is 0 Å². The van der Waals surface area contributed by atoms with Crippen LogP contribution in [0.15, 0.2) is 24.3 Å². The maximum atomic E-state index is 11.8. The van der Waals surface area contributed by atoms with Crippen LogP contribution in [0.25, 0.3) is 0 Å². The molecular weight excluding hydrogens is 224 g/mol. The molecule has 0 bridgehead atoms. The van der Waals surface area contributed by atoms with Crippen LogP contribution in [0.2, 0.25) is 0 Å². The Morgan fingerprint density at radius 2 is 1.89 bits per heavy atom. The van der Waals surface area contributed by atoms with Crippen LogP contribution in [0, 0.1) is 12.8 Å². The molecule has 1 aromatic rings. The van der Waals surface area contributed by atoms with E-state index < -0.39 is 0 Å². The van der Waals surface area contributed by atoms with Gasteiger partial charge in [0.05, 0.1) is 12.2 Å². The van der Waals surface area contributed by atoms with E-state index in [0.717, 1.165) is 18.4 Å². The SMILES string of the molecule is CCCCC(CC)COC(=O)c1ccc(C)cc1. The molecule has 1 aromatic carbocycles. The largest absolute Gasteiger partial charge is 0.462 e. The van der Waals surface area contributed by atoms with Crippen molar-refractivity contribution in [3.8, 4) is 0 Å². The summed E-state index contributed by atoms with van der Waals surface area (Å²) in [5.74, 6) is 0.296. The van der Waals surface area contributed by atoms with E-state index in [1.165, 1.54) is 12.8 Å². The minimum Gasteiger partial charge on any atom is -0.462 e. The lowest BCUT2D eigenvalue weighted by Gasteiger charge is -2.14. The number of ether oxygens (including phenoxy) is 1. The average Bonchev–Trinajstić information content (AvgIpc) is 2.39. The van der Waals surface area contributed by atoms with Crippen molar-refractivity contribution in [3.05, 3.63) is 35.4 Å². The third-order valence-electron chi connectivity index (χ3n) is 3.28. The Morgan fingerprint density at radius 3 is 2.44 bits per heavy atom. The molecule has 0 amide bonds. The molecule has 2 heteroatoms. The van der Waals surface area contributed by atoms with E-state index in [1.54, 1.807) is 0 Å². The molecule has 0 saturated carbocycles. The predicted molar refractivity (Wildman–Crippen MR) is 74.8 cm³/mol. The summed E-state index contributed by atoms with van der Waals surface area (Å²) in [4.78, 5) is 11.8. The van der Waals surface area contributed by atoms with Gasteiger partial charge < -0.3 is 4.74 Å². The monoisotopic (exact) mass is 248 g/mol. The van der Waals surface area contributed by atoms with Gasteiger partial charge in [0.25, 0.3) is 0 Å². The topological polar surface area (TPSA) is 26.3 Å². The smallest absolute Gasteiger partial charge is 0.338 e. The molecule has 0 spiro atoms. The maximum Gasteiger partial charge on any atom is 0.338 e. The van der Waals surface area contributed by atoms with E-state index in [-0.39, 0.29) is 5.97 Å². The molecule has 0 aliphatic heterocycles. The molecule has 0 saturated heterocycles. The molecule has 0 aliphatic carbocycles. The van der Waals surface area contributed by atoms with Gasteiger partial charge in [0.15, 0.2) is 0 Å². The number of esters is 1. The minimum absolute atomic E-state index is 0.204. The van der Waals surface area contributed by atoms with Crippen LogP contribution in [-0.4, -0.2) is 12.6 Å². The molecule has 0 aliphatic rings. The van der Waals surface area contributed by atoms with Crippen LogP contribution >= 0.6 is 0 Å². The highest BCUT2D eigenvalue weighted by molar-refractivity contribution is 5.89. The first-order chi connectivity index (χ1) is 8.67. The molecule has 0 radical (unpaired) electrons. The van der Waals surface area contributed by atoms with E-state index in [4.69, 9.17) is 4.74 Å². The van der Waals surface area contributed by atoms with E-state index in [9.17, 15) is 4.79 Å². The van der Waals surface area contributed by atoms with Gasteiger partial charge in [-0.1, -0.05) is 50.8 Å².